The lowest BCUT2D eigenvalue weighted by molar-refractivity contribution is 0.169. The molecule has 5 heteroatoms. The van der Waals surface area contributed by atoms with Crippen LogP contribution in [-0.4, -0.2) is 23.3 Å². The second-order valence-corrected chi connectivity index (χ2v) is 5.33. The number of rotatable bonds is 4. The van der Waals surface area contributed by atoms with Crippen molar-refractivity contribution in [3.63, 3.8) is 0 Å². The Kier molecular flexibility index (Phi) is 4.16. The number of hydrogen-bond acceptors (Lipinski definition) is 5. The van der Waals surface area contributed by atoms with E-state index in [9.17, 15) is 0 Å². The molecule has 2 heterocycles. The Labute approximate surface area is 119 Å². The Hall–Kier alpha value is -1.62. The van der Waals surface area contributed by atoms with Crippen LogP contribution in [0.1, 0.15) is 37.5 Å². The predicted octanol–water partition coefficient (Wildman–Crippen LogP) is 2.50. The molecule has 1 aromatic heterocycles. The first-order chi connectivity index (χ1) is 9.83. The SMILES string of the molecule is Cc1nnc(COC2=CCCC=C2C2CCNCC2)o1. The van der Waals surface area contributed by atoms with Crippen molar-refractivity contribution in [2.75, 3.05) is 13.1 Å². The van der Waals surface area contributed by atoms with Gasteiger partial charge in [-0.25, -0.2) is 0 Å². The Morgan fingerprint density at radius 2 is 2.05 bits per heavy atom. The van der Waals surface area contributed by atoms with Crippen LogP contribution in [0, 0.1) is 12.8 Å². The standard InChI is InChI=1S/C15H21N3O2/c1-11-17-18-15(20-11)10-19-14-5-3-2-4-13(14)12-6-8-16-9-7-12/h4-5,12,16H,2-3,6-10H2,1H3. The summed E-state index contributed by atoms with van der Waals surface area (Å²) >= 11 is 0. The fourth-order valence-corrected chi connectivity index (χ4v) is 2.85. The van der Waals surface area contributed by atoms with Crippen molar-refractivity contribution in [2.24, 2.45) is 5.92 Å². The minimum absolute atomic E-state index is 0.356. The zero-order valence-electron chi connectivity index (χ0n) is 11.9. The summed E-state index contributed by atoms with van der Waals surface area (Å²) in [5.74, 6) is 2.75. The van der Waals surface area contributed by atoms with Crippen LogP contribution in [0.3, 0.4) is 0 Å². The Morgan fingerprint density at radius 3 is 2.80 bits per heavy atom. The van der Waals surface area contributed by atoms with Crippen molar-refractivity contribution < 1.29 is 9.15 Å². The number of aromatic nitrogens is 2. The normalized spacial score (nSPS) is 20.4. The molecule has 3 rings (SSSR count). The highest BCUT2D eigenvalue weighted by molar-refractivity contribution is 5.31. The molecule has 1 fully saturated rings. The molecule has 0 radical (unpaired) electrons. The van der Waals surface area contributed by atoms with Crippen molar-refractivity contribution >= 4 is 0 Å². The highest BCUT2D eigenvalue weighted by Gasteiger charge is 2.23. The molecule has 1 aromatic rings. The van der Waals surface area contributed by atoms with Crippen LogP contribution in [0.4, 0.5) is 0 Å². The van der Waals surface area contributed by atoms with Gasteiger partial charge >= 0.3 is 0 Å². The van der Waals surface area contributed by atoms with Gasteiger partial charge in [0.1, 0.15) is 5.76 Å². The first-order valence-corrected chi connectivity index (χ1v) is 7.36. The molecule has 0 saturated carbocycles. The molecule has 108 valence electrons. The quantitative estimate of drug-likeness (QED) is 0.914. The van der Waals surface area contributed by atoms with Crippen molar-refractivity contribution in [2.45, 2.75) is 39.2 Å². The molecule has 2 aliphatic rings. The average Bonchev–Trinajstić information content (AvgIpc) is 2.92. The molecule has 1 aliphatic heterocycles. The second-order valence-electron chi connectivity index (χ2n) is 5.33. The smallest absolute Gasteiger partial charge is 0.253 e. The van der Waals surface area contributed by atoms with Gasteiger partial charge in [-0.1, -0.05) is 6.08 Å². The van der Waals surface area contributed by atoms with Crippen LogP contribution in [0.15, 0.2) is 27.9 Å². The minimum atomic E-state index is 0.356. The van der Waals surface area contributed by atoms with Gasteiger partial charge in [0.05, 0.1) is 0 Å². The van der Waals surface area contributed by atoms with Gasteiger partial charge in [0.15, 0.2) is 6.61 Å². The summed E-state index contributed by atoms with van der Waals surface area (Å²) in [5, 5.41) is 11.2. The van der Waals surface area contributed by atoms with Crippen molar-refractivity contribution in [1.29, 1.82) is 0 Å². The van der Waals surface area contributed by atoms with E-state index in [-0.39, 0.29) is 0 Å². The molecule has 0 spiro atoms. The molecule has 0 amide bonds. The summed E-state index contributed by atoms with van der Waals surface area (Å²) in [6, 6.07) is 0. The maximum absolute atomic E-state index is 5.92. The van der Waals surface area contributed by atoms with E-state index < -0.39 is 0 Å². The number of hydrogen-bond donors (Lipinski definition) is 1. The van der Waals surface area contributed by atoms with E-state index >= 15 is 0 Å². The molecular formula is C15H21N3O2. The first-order valence-electron chi connectivity index (χ1n) is 7.36. The summed E-state index contributed by atoms with van der Waals surface area (Å²) in [4.78, 5) is 0. The number of allylic oxidation sites excluding steroid dienone is 3. The van der Waals surface area contributed by atoms with Gasteiger partial charge < -0.3 is 14.5 Å². The fraction of sp³-hybridized carbons (Fsp3) is 0.600. The van der Waals surface area contributed by atoms with Crippen molar-refractivity contribution in [3.05, 3.63) is 35.3 Å². The maximum atomic E-state index is 5.92. The van der Waals surface area contributed by atoms with E-state index in [2.05, 4.69) is 27.7 Å². The van der Waals surface area contributed by atoms with E-state index in [0.717, 1.165) is 31.7 Å². The lowest BCUT2D eigenvalue weighted by Crippen LogP contribution is -2.29. The van der Waals surface area contributed by atoms with Gasteiger partial charge in [-0.15, -0.1) is 10.2 Å². The third kappa shape index (κ3) is 3.10. The summed E-state index contributed by atoms with van der Waals surface area (Å²) in [7, 11) is 0. The van der Waals surface area contributed by atoms with E-state index in [1.54, 1.807) is 6.92 Å². The van der Waals surface area contributed by atoms with E-state index in [1.807, 2.05) is 0 Å². The van der Waals surface area contributed by atoms with Crippen LogP contribution in [0.2, 0.25) is 0 Å². The zero-order chi connectivity index (χ0) is 13.8. The summed E-state index contributed by atoms with van der Waals surface area (Å²) < 4.78 is 11.3. The van der Waals surface area contributed by atoms with Gasteiger partial charge in [0.25, 0.3) is 5.89 Å². The number of ether oxygens (including phenoxy) is 1. The van der Waals surface area contributed by atoms with E-state index in [1.165, 1.54) is 18.4 Å². The molecule has 0 unspecified atom stereocenters. The largest absolute Gasteiger partial charge is 0.484 e. The van der Waals surface area contributed by atoms with Gasteiger partial charge in [-0.3, -0.25) is 0 Å². The molecular weight excluding hydrogens is 254 g/mol. The highest BCUT2D eigenvalue weighted by atomic mass is 16.5. The summed E-state index contributed by atoms with van der Waals surface area (Å²) in [6.45, 7) is 4.34. The lowest BCUT2D eigenvalue weighted by atomic mass is 9.86. The molecule has 1 saturated heterocycles. The molecule has 1 N–H and O–H groups in total. The van der Waals surface area contributed by atoms with Gasteiger partial charge in [0, 0.05) is 6.92 Å². The monoisotopic (exact) mass is 275 g/mol. The average molecular weight is 275 g/mol. The molecule has 0 bridgehead atoms. The van der Waals surface area contributed by atoms with E-state index in [0.29, 0.717) is 24.3 Å². The maximum Gasteiger partial charge on any atom is 0.253 e. The summed E-state index contributed by atoms with van der Waals surface area (Å²) in [5.41, 5.74) is 1.37. The van der Waals surface area contributed by atoms with Crippen LogP contribution in [-0.2, 0) is 11.3 Å². The molecule has 20 heavy (non-hydrogen) atoms. The second kappa shape index (κ2) is 6.22. The number of aryl methyl sites for hydroxylation is 1. The molecule has 0 aromatic carbocycles. The Balaban J connectivity index is 1.64. The van der Waals surface area contributed by atoms with Crippen LogP contribution < -0.4 is 5.32 Å². The molecule has 0 atom stereocenters. The number of nitrogens with one attached hydrogen (secondary N) is 1. The zero-order valence-corrected chi connectivity index (χ0v) is 11.9. The minimum Gasteiger partial charge on any atom is -0.484 e. The van der Waals surface area contributed by atoms with Gasteiger partial charge in [-0.05, 0) is 56.3 Å². The third-order valence-electron chi connectivity index (χ3n) is 3.84. The third-order valence-corrected chi connectivity index (χ3v) is 3.84. The van der Waals surface area contributed by atoms with Crippen LogP contribution in [0.5, 0.6) is 0 Å². The predicted molar refractivity (Wildman–Crippen MR) is 74.8 cm³/mol. The molecule has 1 aliphatic carbocycles. The summed E-state index contributed by atoms with van der Waals surface area (Å²) in [6.07, 6.45) is 9.07. The number of nitrogens with zero attached hydrogens (tertiary/aromatic N) is 2. The molecule has 5 nitrogen and oxygen atoms in total. The van der Waals surface area contributed by atoms with Gasteiger partial charge in [-0.2, -0.15) is 0 Å². The van der Waals surface area contributed by atoms with E-state index in [4.69, 9.17) is 9.15 Å². The number of piperidine rings is 1. The van der Waals surface area contributed by atoms with Crippen LogP contribution in [0.25, 0.3) is 0 Å². The van der Waals surface area contributed by atoms with Gasteiger partial charge in [0.2, 0.25) is 5.89 Å². The van der Waals surface area contributed by atoms with Crippen molar-refractivity contribution in [3.8, 4) is 0 Å². The topological polar surface area (TPSA) is 60.2 Å². The first kappa shape index (κ1) is 13.4. The highest BCUT2D eigenvalue weighted by Crippen LogP contribution is 2.32. The van der Waals surface area contributed by atoms with Crippen molar-refractivity contribution in [1.82, 2.24) is 15.5 Å². The van der Waals surface area contributed by atoms with Crippen LogP contribution >= 0.6 is 0 Å². The Bertz CT molecular complexity index is 513. The Morgan fingerprint density at radius 1 is 1.25 bits per heavy atom. The lowest BCUT2D eigenvalue weighted by Gasteiger charge is -2.28. The fourth-order valence-electron chi connectivity index (χ4n) is 2.85.